The van der Waals surface area contributed by atoms with Gasteiger partial charge >= 0.3 is 6.18 Å². The topological polar surface area (TPSA) is 43.1 Å². The number of hydrogen-bond acceptors (Lipinski definition) is 2. The van der Waals surface area contributed by atoms with Crippen LogP contribution in [-0.2, 0) is 0 Å². The van der Waals surface area contributed by atoms with E-state index in [1.54, 1.807) is 0 Å². The van der Waals surface area contributed by atoms with Crippen molar-refractivity contribution < 1.29 is 26.7 Å². The molecule has 1 aromatic carbocycles. The molecule has 0 spiro atoms. The minimum Gasteiger partial charge on any atom is -0.311 e. The summed E-state index contributed by atoms with van der Waals surface area (Å²) in [6.07, 6.45) is -5.10. The van der Waals surface area contributed by atoms with Gasteiger partial charge in [0.2, 0.25) is 0 Å². The Morgan fingerprint density at radius 3 is 1.94 bits per heavy atom. The van der Waals surface area contributed by atoms with Crippen molar-refractivity contribution in [1.29, 1.82) is 0 Å². The largest absolute Gasteiger partial charge is 0.413 e. The van der Waals surface area contributed by atoms with E-state index in [4.69, 9.17) is 5.73 Å². The first kappa shape index (κ1) is 13.6. The zero-order valence-electron chi connectivity index (χ0n) is 8.61. The van der Waals surface area contributed by atoms with Crippen LogP contribution in [0.1, 0.15) is 17.3 Å². The number of benzene rings is 1. The Morgan fingerprint density at radius 1 is 1.18 bits per heavy atom. The average molecular weight is 253 g/mol. The molecule has 0 fully saturated rings. The van der Waals surface area contributed by atoms with E-state index in [1.807, 2.05) is 0 Å². The summed E-state index contributed by atoms with van der Waals surface area (Å²) in [5.41, 5.74) is 0.179. The van der Waals surface area contributed by atoms with Crippen LogP contribution in [0.5, 0.6) is 0 Å². The first-order chi connectivity index (χ1) is 7.59. The van der Waals surface area contributed by atoms with Crippen LogP contribution < -0.4 is 5.73 Å². The van der Waals surface area contributed by atoms with E-state index >= 15 is 0 Å². The van der Waals surface area contributed by atoms with Crippen molar-refractivity contribution in [3.8, 4) is 0 Å². The minimum absolute atomic E-state index is 0.362. The summed E-state index contributed by atoms with van der Waals surface area (Å²) < 4.78 is 63.6. The van der Waals surface area contributed by atoms with Gasteiger partial charge in [-0.15, -0.1) is 0 Å². The molecule has 0 bridgehead atoms. The summed E-state index contributed by atoms with van der Waals surface area (Å²) in [7, 11) is 0. The summed E-state index contributed by atoms with van der Waals surface area (Å²) in [5.74, 6) is -4.60. The highest BCUT2D eigenvalue weighted by Crippen LogP contribution is 2.32. The highest BCUT2D eigenvalue weighted by atomic mass is 19.4. The van der Waals surface area contributed by atoms with Crippen LogP contribution in [0.15, 0.2) is 18.2 Å². The third-order valence-electron chi connectivity index (χ3n) is 2.25. The van der Waals surface area contributed by atoms with Gasteiger partial charge in [0.15, 0.2) is 11.3 Å². The summed E-state index contributed by atoms with van der Waals surface area (Å²) >= 11 is 0. The van der Waals surface area contributed by atoms with Crippen LogP contribution in [0.3, 0.4) is 0 Å². The van der Waals surface area contributed by atoms with Crippen molar-refractivity contribution in [3.05, 3.63) is 35.4 Å². The molecule has 1 atom stereocenters. The average Bonchev–Trinajstić information content (AvgIpc) is 2.15. The quantitative estimate of drug-likeness (QED) is 0.649. The Bertz CT molecular complexity index is 432. The predicted molar refractivity (Wildman–Crippen MR) is 49.3 cm³/mol. The number of ketones is 1. The lowest BCUT2D eigenvalue weighted by Gasteiger charge is -2.26. The van der Waals surface area contributed by atoms with Crippen LogP contribution in [0.25, 0.3) is 0 Å². The Hall–Kier alpha value is -1.50. The Kier molecular flexibility index (Phi) is 3.24. The molecule has 94 valence electrons. The Morgan fingerprint density at radius 2 is 1.59 bits per heavy atom. The van der Waals surface area contributed by atoms with Crippen LogP contribution in [0.4, 0.5) is 22.0 Å². The van der Waals surface area contributed by atoms with Gasteiger partial charge < -0.3 is 5.73 Å². The molecule has 17 heavy (non-hydrogen) atoms. The number of halogens is 5. The number of rotatable bonds is 2. The van der Waals surface area contributed by atoms with Crippen molar-refractivity contribution in [3.63, 3.8) is 0 Å². The summed E-state index contributed by atoms with van der Waals surface area (Å²) in [4.78, 5) is 11.4. The van der Waals surface area contributed by atoms with E-state index in [1.165, 1.54) is 0 Å². The molecule has 2 nitrogen and oxygen atoms in total. The lowest BCUT2D eigenvalue weighted by molar-refractivity contribution is -0.166. The fourth-order valence-corrected chi connectivity index (χ4v) is 1.10. The molecule has 0 heterocycles. The highest BCUT2D eigenvalue weighted by Gasteiger charge is 2.54. The normalized spacial score (nSPS) is 15.5. The standard InChI is InChI=1S/C10H8F5NO/c1-9(16,10(13,14)15)8(17)7-5(11)3-2-4-6(7)12/h2-4H,16H2,1H3. The third-order valence-corrected chi connectivity index (χ3v) is 2.25. The first-order valence-electron chi connectivity index (χ1n) is 4.43. The van der Waals surface area contributed by atoms with Gasteiger partial charge in [-0.2, -0.15) is 13.2 Å². The number of alkyl halides is 3. The second kappa shape index (κ2) is 4.06. The molecule has 0 aromatic heterocycles. The van der Waals surface area contributed by atoms with Crippen molar-refractivity contribution in [1.82, 2.24) is 0 Å². The second-order valence-electron chi connectivity index (χ2n) is 3.63. The minimum atomic E-state index is -5.10. The molecule has 0 aliphatic carbocycles. The molecule has 1 unspecified atom stereocenters. The van der Waals surface area contributed by atoms with Gasteiger partial charge in [0.1, 0.15) is 11.6 Å². The van der Waals surface area contributed by atoms with Crippen molar-refractivity contribution >= 4 is 5.78 Å². The van der Waals surface area contributed by atoms with Gasteiger partial charge in [0.05, 0.1) is 5.56 Å². The fourth-order valence-electron chi connectivity index (χ4n) is 1.10. The Labute approximate surface area is 93.2 Å². The highest BCUT2D eigenvalue weighted by molar-refractivity contribution is 6.03. The van der Waals surface area contributed by atoms with Crippen LogP contribution in [0, 0.1) is 11.6 Å². The van der Waals surface area contributed by atoms with Gasteiger partial charge in [-0.1, -0.05) is 6.07 Å². The predicted octanol–water partition coefficient (Wildman–Crippen LogP) is 2.43. The molecular weight excluding hydrogens is 245 g/mol. The van der Waals surface area contributed by atoms with Gasteiger partial charge in [0.25, 0.3) is 0 Å². The third kappa shape index (κ3) is 2.28. The van der Waals surface area contributed by atoms with E-state index in [0.29, 0.717) is 19.1 Å². The molecule has 0 aliphatic rings. The molecule has 0 aliphatic heterocycles. The van der Waals surface area contributed by atoms with E-state index in [-0.39, 0.29) is 0 Å². The number of Topliss-reactive ketones (excluding diaryl/α,β-unsaturated/α-hetero) is 1. The maximum atomic E-state index is 13.1. The zero-order valence-corrected chi connectivity index (χ0v) is 8.61. The van der Waals surface area contributed by atoms with E-state index in [0.717, 1.165) is 6.07 Å². The van der Waals surface area contributed by atoms with Crippen molar-refractivity contribution in [2.75, 3.05) is 0 Å². The van der Waals surface area contributed by atoms with Crippen molar-refractivity contribution in [2.45, 2.75) is 18.6 Å². The lowest BCUT2D eigenvalue weighted by atomic mass is 9.91. The zero-order chi connectivity index (χ0) is 13.4. The van der Waals surface area contributed by atoms with Gasteiger partial charge in [0, 0.05) is 0 Å². The lowest BCUT2D eigenvalue weighted by Crippen LogP contribution is -2.57. The molecular formula is C10H8F5NO. The maximum Gasteiger partial charge on any atom is 0.413 e. The summed E-state index contributed by atoms with van der Waals surface area (Å²) in [5, 5.41) is 0. The van der Waals surface area contributed by atoms with Crippen LogP contribution in [0.2, 0.25) is 0 Å². The summed E-state index contributed by atoms with van der Waals surface area (Å²) in [6, 6.07) is 2.30. The molecule has 0 saturated carbocycles. The molecule has 0 amide bonds. The molecule has 1 rings (SSSR count). The van der Waals surface area contributed by atoms with Gasteiger partial charge in [-0.25, -0.2) is 8.78 Å². The first-order valence-corrected chi connectivity index (χ1v) is 4.43. The molecule has 1 aromatic rings. The molecule has 7 heteroatoms. The molecule has 2 N–H and O–H groups in total. The number of carbonyl (C=O) groups is 1. The fraction of sp³-hybridized carbons (Fsp3) is 0.300. The van der Waals surface area contributed by atoms with E-state index in [9.17, 15) is 26.7 Å². The smallest absolute Gasteiger partial charge is 0.311 e. The monoisotopic (exact) mass is 253 g/mol. The SMILES string of the molecule is CC(N)(C(=O)c1c(F)cccc1F)C(F)(F)F. The Balaban J connectivity index is 3.32. The van der Waals surface area contributed by atoms with Gasteiger partial charge in [-0.3, -0.25) is 4.79 Å². The van der Waals surface area contributed by atoms with Crippen LogP contribution in [-0.4, -0.2) is 17.5 Å². The second-order valence-corrected chi connectivity index (χ2v) is 3.63. The molecule has 0 radical (unpaired) electrons. The number of hydrogen-bond donors (Lipinski definition) is 1. The van der Waals surface area contributed by atoms with E-state index in [2.05, 4.69) is 0 Å². The van der Waals surface area contributed by atoms with Crippen molar-refractivity contribution in [2.24, 2.45) is 5.73 Å². The van der Waals surface area contributed by atoms with Gasteiger partial charge in [-0.05, 0) is 19.1 Å². The van der Waals surface area contributed by atoms with Crippen LogP contribution >= 0.6 is 0 Å². The van der Waals surface area contributed by atoms with E-state index < -0.39 is 34.7 Å². The maximum absolute atomic E-state index is 13.1. The number of carbonyl (C=O) groups excluding carboxylic acids is 1. The molecule has 0 saturated heterocycles. The number of nitrogens with two attached hydrogens (primary N) is 1. The summed E-state index contributed by atoms with van der Waals surface area (Å²) in [6.45, 7) is 0.362.